The maximum absolute atomic E-state index is 12.0. The van der Waals surface area contributed by atoms with Gasteiger partial charge in [-0.05, 0) is 12.8 Å². The van der Waals surface area contributed by atoms with E-state index in [0.29, 0.717) is 25.3 Å². The Morgan fingerprint density at radius 2 is 2.14 bits per heavy atom. The number of hydrogen-bond donors (Lipinski definition) is 0. The summed E-state index contributed by atoms with van der Waals surface area (Å²) in [5, 5.41) is 4.00. The Labute approximate surface area is 123 Å². The van der Waals surface area contributed by atoms with Gasteiger partial charge in [0.25, 0.3) is 0 Å². The Morgan fingerprint density at radius 3 is 2.90 bits per heavy atom. The van der Waals surface area contributed by atoms with E-state index in [1.54, 1.807) is 0 Å². The first-order valence-electron chi connectivity index (χ1n) is 7.31. The van der Waals surface area contributed by atoms with Crippen LogP contribution in [0.3, 0.4) is 0 Å². The van der Waals surface area contributed by atoms with Crippen molar-refractivity contribution in [2.24, 2.45) is 0 Å². The lowest BCUT2D eigenvalue weighted by Gasteiger charge is -1.99. The Bertz CT molecular complexity index is 589. The zero-order chi connectivity index (χ0) is 14.5. The molecule has 0 aliphatic carbocycles. The van der Waals surface area contributed by atoms with Crippen LogP contribution in [0.4, 0.5) is 0 Å². The van der Waals surface area contributed by atoms with E-state index in [1.807, 2.05) is 30.3 Å². The molecule has 0 bridgehead atoms. The predicted molar refractivity (Wildman–Crippen MR) is 76.2 cm³/mol. The Hall–Kier alpha value is -2.01. The smallest absolute Gasteiger partial charge is 0.226 e. The van der Waals surface area contributed by atoms with Crippen LogP contribution in [-0.2, 0) is 11.2 Å². The molecule has 0 saturated carbocycles. The molecule has 21 heavy (non-hydrogen) atoms. The number of nitrogens with zero attached hydrogens (tertiary/aromatic N) is 2. The topological polar surface area (TPSA) is 65.2 Å². The first kappa shape index (κ1) is 13.9. The van der Waals surface area contributed by atoms with Crippen molar-refractivity contribution >= 4 is 5.78 Å². The molecule has 5 nitrogen and oxygen atoms in total. The lowest BCUT2D eigenvalue weighted by Crippen LogP contribution is -2.01. The molecule has 0 radical (unpaired) electrons. The van der Waals surface area contributed by atoms with Gasteiger partial charge in [-0.3, -0.25) is 4.79 Å². The maximum atomic E-state index is 12.0. The molecule has 1 aliphatic heterocycles. The zero-order valence-corrected chi connectivity index (χ0v) is 11.8. The highest BCUT2D eigenvalue weighted by Gasteiger charge is 2.22. The van der Waals surface area contributed by atoms with Crippen LogP contribution in [-0.4, -0.2) is 29.1 Å². The van der Waals surface area contributed by atoms with E-state index in [4.69, 9.17) is 9.26 Å². The van der Waals surface area contributed by atoms with Crippen LogP contribution in [0.15, 0.2) is 34.9 Å². The van der Waals surface area contributed by atoms with E-state index in [2.05, 4.69) is 10.1 Å². The number of rotatable bonds is 6. The van der Waals surface area contributed by atoms with Crippen LogP contribution in [0.1, 0.15) is 47.3 Å². The van der Waals surface area contributed by atoms with Crippen molar-refractivity contribution in [2.45, 2.75) is 31.6 Å². The average molecular weight is 286 g/mol. The van der Waals surface area contributed by atoms with Gasteiger partial charge in [-0.15, -0.1) is 0 Å². The van der Waals surface area contributed by atoms with Crippen molar-refractivity contribution in [3.05, 3.63) is 47.6 Å². The summed E-state index contributed by atoms with van der Waals surface area (Å²) in [5.41, 5.74) is 0.756. The molecule has 5 heteroatoms. The normalized spacial score (nSPS) is 18.0. The fourth-order valence-corrected chi connectivity index (χ4v) is 2.44. The van der Waals surface area contributed by atoms with Gasteiger partial charge in [0.2, 0.25) is 5.89 Å². The van der Waals surface area contributed by atoms with Crippen LogP contribution in [0.2, 0.25) is 0 Å². The van der Waals surface area contributed by atoms with E-state index < -0.39 is 0 Å². The number of Topliss-reactive ketones (excluding diaryl/α,β-unsaturated/α-hetero) is 1. The highest BCUT2D eigenvalue weighted by molar-refractivity contribution is 5.95. The van der Waals surface area contributed by atoms with E-state index >= 15 is 0 Å². The highest BCUT2D eigenvalue weighted by Crippen LogP contribution is 2.22. The molecule has 1 fully saturated rings. The van der Waals surface area contributed by atoms with Crippen LogP contribution < -0.4 is 0 Å². The summed E-state index contributed by atoms with van der Waals surface area (Å²) in [6, 6.07) is 9.34. The van der Waals surface area contributed by atoms with Gasteiger partial charge in [-0.2, -0.15) is 4.98 Å². The van der Waals surface area contributed by atoms with E-state index in [9.17, 15) is 4.79 Å². The van der Waals surface area contributed by atoms with Crippen molar-refractivity contribution in [3.8, 4) is 0 Å². The van der Waals surface area contributed by atoms with Crippen LogP contribution in [0, 0.1) is 0 Å². The molecular formula is C16H18N2O3. The summed E-state index contributed by atoms with van der Waals surface area (Å²) in [5.74, 6) is 1.75. The molecule has 3 rings (SSSR count). The highest BCUT2D eigenvalue weighted by atomic mass is 16.5. The molecule has 0 N–H and O–H groups in total. The number of ketones is 1. The summed E-state index contributed by atoms with van der Waals surface area (Å²) in [6.45, 7) is 1.44. The van der Waals surface area contributed by atoms with Crippen molar-refractivity contribution < 1.29 is 14.1 Å². The van der Waals surface area contributed by atoms with E-state index in [-0.39, 0.29) is 11.7 Å². The van der Waals surface area contributed by atoms with Gasteiger partial charge in [0.1, 0.15) is 0 Å². The third-order valence-electron chi connectivity index (χ3n) is 3.67. The Balaban J connectivity index is 1.48. The number of carbonyl (C=O) groups excluding carboxylic acids is 1. The van der Waals surface area contributed by atoms with Crippen molar-refractivity contribution in [1.82, 2.24) is 10.1 Å². The lowest BCUT2D eigenvalue weighted by atomic mass is 10.1. The summed E-state index contributed by atoms with van der Waals surface area (Å²) in [4.78, 5) is 16.4. The molecule has 1 aromatic heterocycles. The predicted octanol–water partition coefficient (Wildman–Crippen LogP) is 2.78. The van der Waals surface area contributed by atoms with Gasteiger partial charge < -0.3 is 9.26 Å². The largest absolute Gasteiger partial charge is 0.381 e. The molecule has 2 heterocycles. The number of ether oxygens (including phenoxy) is 1. The second-order valence-electron chi connectivity index (χ2n) is 5.25. The molecule has 0 spiro atoms. The van der Waals surface area contributed by atoms with Gasteiger partial charge in [0.15, 0.2) is 11.6 Å². The molecule has 110 valence electrons. The Kier molecular flexibility index (Phi) is 4.40. The van der Waals surface area contributed by atoms with E-state index in [1.165, 1.54) is 0 Å². The SMILES string of the molecule is O=C(CCCc1nc(C2CCOC2)no1)c1ccccc1. The number of aromatic nitrogens is 2. The van der Waals surface area contributed by atoms with Gasteiger partial charge in [0, 0.05) is 30.9 Å². The maximum Gasteiger partial charge on any atom is 0.226 e. The first-order chi connectivity index (χ1) is 10.3. The summed E-state index contributed by atoms with van der Waals surface area (Å²) < 4.78 is 10.6. The van der Waals surface area contributed by atoms with Gasteiger partial charge in [-0.1, -0.05) is 35.5 Å². The monoisotopic (exact) mass is 286 g/mol. The quantitative estimate of drug-likeness (QED) is 0.764. The standard InChI is InChI=1S/C16H18N2O3/c19-14(12-5-2-1-3-6-12)7-4-8-15-17-16(18-21-15)13-9-10-20-11-13/h1-3,5-6,13H,4,7-11H2. The fourth-order valence-electron chi connectivity index (χ4n) is 2.44. The molecule has 2 aromatic rings. The Morgan fingerprint density at radius 1 is 1.29 bits per heavy atom. The molecule has 1 atom stereocenters. The minimum absolute atomic E-state index is 0.152. The minimum Gasteiger partial charge on any atom is -0.381 e. The van der Waals surface area contributed by atoms with Gasteiger partial charge >= 0.3 is 0 Å². The molecule has 1 aliphatic rings. The lowest BCUT2D eigenvalue weighted by molar-refractivity contribution is 0.0979. The molecule has 0 amide bonds. The first-order valence-corrected chi connectivity index (χ1v) is 7.31. The zero-order valence-electron chi connectivity index (χ0n) is 11.8. The third kappa shape index (κ3) is 3.55. The molecule has 1 unspecified atom stereocenters. The third-order valence-corrected chi connectivity index (χ3v) is 3.67. The van der Waals surface area contributed by atoms with Crippen molar-refractivity contribution in [1.29, 1.82) is 0 Å². The summed E-state index contributed by atoms with van der Waals surface area (Å²) in [6.07, 6.45) is 2.80. The average Bonchev–Trinajstić information content (AvgIpc) is 3.19. The summed E-state index contributed by atoms with van der Waals surface area (Å²) in [7, 11) is 0. The van der Waals surface area contributed by atoms with Crippen LogP contribution in [0.5, 0.6) is 0 Å². The van der Waals surface area contributed by atoms with E-state index in [0.717, 1.165) is 30.8 Å². The molecule has 1 aromatic carbocycles. The van der Waals surface area contributed by atoms with Crippen molar-refractivity contribution in [3.63, 3.8) is 0 Å². The van der Waals surface area contributed by atoms with Crippen LogP contribution >= 0.6 is 0 Å². The number of benzene rings is 1. The van der Waals surface area contributed by atoms with Crippen LogP contribution in [0.25, 0.3) is 0 Å². The van der Waals surface area contributed by atoms with Gasteiger partial charge in [0.05, 0.1) is 6.61 Å². The second-order valence-corrected chi connectivity index (χ2v) is 5.25. The number of aryl methyl sites for hydroxylation is 1. The fraction of sp³-hybridized carbons (Fsp3) is 0.438. The summed E-state index contributed by atoms with van der Waals surface area (Å²) >= 11 is 0. The number of hydrogen-bond acceptors (Lipinski definition) is 5. The molecule has 1 saturated heterocycles. The van der Waals surface area contributed by atoms with Crippen molar-refractivity contribution in [2.75, 3.05) is 13.2 Å². The number of carbonyl (C=O) groups is 1. The minimum atomic E-state index is 0.152. The second kappa shape index (κ2) is 6.63. The molecular weight excluding hydrogens is 268 g/mol. The van der Waals surface area contributed by atoms with Gasteiger partial charge in [-0.25, -0.2) is 0 Å².